The predicted molar refractivity (Wildman–Crippen MR) is 234 cm³/mol. The summed E-state index contributed by atoms with van der Waals surface area (Å²) in [6.45, 7) is 0. The van der Waals surface area contributed by atoms with Gasteiger partial charge in [-0.05, 0) is 91.5 Å². The summed E-state index contributed by atoms with van der Waals surface area (Å²) in [5.74, 6) is 0. The minimum absolute atomic E-state index is 1.08. The molecule has 9 aromatic carbocycles. The number of benzene rings is 9. The summed E-state index contributed by atoms with van der Waals surface area (Å²) >= 11 is 0. The second kappa shape index (κ2) is 15.4. The van der Waals surface area contributed by atoms with E-state index in [0.717, 1.165) is 22.6 Å². The molecule has 0 unspecified atom stereocenters. The highest BCUT2D eigenvalue weighted by molar-refractivity contribution is 5.94. The van der Waals surface area contributed by atoms with Gasteiger partial charge in [-0.2, -0.15) is 0 Å². The standard InChI is InChI=1S/C54H39N/c1-5-18-40(19-6-1)45-26-17-27-48(38-45)55(54-39-46(41-20-7-2-8-21-41)34-37-51(54)43-24-11-4-12-25-43)47-35-32-44(33-36-47)50-29-14-16-31-53(50)52-30-15-13-28-49(52)42-22-9-3-10-23-42/h1-39H. The van der Waals surface area contributed by atoms with Gasteiger partial charge in [-0.1, -0.05) is 206 Å². The molecule has 0 saturated carbocycles. The van der Waals surface area contributed by atoms with E-state index in [0.29, 0.717) is 0 Å². The van der Waals surface area contributed by atoms with Gasteiger partial charge in [0.1, 0.15) is 0 Å². The molecule has 1 nitrogen and oxygen atoms in total. The zero-order valence-electron chi connectivity index (χ0n) is 30.5. The van der Waals surface area contributed by atoms with Gasteiger partial charge >= 0.3 is 0 Å². The fraction of sp³-hybridized carbons (Fsp3) is 0. The van der Waals surface area contributed by atoms with Gasteiger partial charge in [0, 0.05) is 16.9 Å². The number of hydrogen-bond donors (Lipinski definition) is 0. The summed E-state index contributed by atoms with van der Waals surface area (Å²) in [5.41, 5.74) is 17.6. The van der Waals surface area contributed by atoms with E-state index < -0.39 is 0 Å². The first kappa shape index (κ1) is 33.6. The van der Waals surface area contributed by atoms with Crippen LogP contribution in [0, 0.1) is 0 Å². The van der Waals surface area contributed by atoms with Gasteiger partial charge in [0.15, 0.2) is 0 Å². The molecule has 0 saturated heterocycles. The maximum absolute atomic E-state index is 2.42. The summed E-state index contributed by atoms with van der Waals surface area (Å²) in [7, 11) is 0. The lowest BCUT2D eigenvalue weighted by atomic mass is 9.89. The molecule has 0 atom stereocenters. The lowest BCUT2D eigenvalue weighted by Gasteiger charge is -2.29. The summed E-state index contributed by atoms with van der Waals surface area (Å²) < 4.78 is 0. The van der Waals surface area contributed by atoms with Gasteiger partial charge in [0.2, 0.25) is 0 Å². The van der Waals surface area contributed by atoms with Crippen molar-refractivity contribution in [1.82, 2.24) is 0 Å². The molecule has 0 aliphatic carbocycles. The molecule has 0 spiro atoms. The molecule has 0 amide bonds. The van der Waals surface area contributed by atoms with Gasteiger partial charge in [-0.3, -0.25) is 0 Å². The maximum Gasteiger partial charge on any atom is 0.0546 e. The number of anilines is 3. The highest BCUT2D eigenvalue weighted by Gasteiger charge is 2.20. The highest BCUT2D eigenvalue weighted by Crippen LogP contribution is 2.45. The van der Waals surface area contributed by atoms with Gasteiger partial charge < -0.3 is 4.90 Å². The highest BCUT2D eigenvalue weighted by atomic mass is 15.1. The maximum atomic E-state index is 2.42. The summed E-state index contributed by atoms with van der Waals surface area (Å²) in [6, 6.07) is 85.0. The van der Waals surface area contributed by atoms with E-state index >= 15 is 0 Å². The van der Waals surface area contributed by atoms with Crippen LogP contribution in [0.3, 0.4) is 0 Å². The van der Waals surface area contributed by atoms with E-state index in [1.165, 1.54) is 61.2 Å². The Hall–Kier alpha value is -7.22. The van der Waals surface area contributed by atoms with E-state index in [4.69, 9.17) is 0 Å². The molecule has 0 aromatic heterocycles. The molecule has 55 heavy (non-hydrogen) atoms. The number of hydrogen-bond acceptors (Lipinski definition) is 1. The fourth-order valence-corrected chi connectivity index (χ4v) is 7.62. The molecule has 0 aliphatic rings. The van der Waals surface area contributed by atoms with Crippen LogP contribution in [0.25, 0.3) is 66.8 Å². The Balaban J connectivity index is 1.21. The van der Waals surface area contributed by atoms with E-state index in [2.05, 4.69) is 241 Å². The molecule has 0 fully saturated rings. The predicted octanol–water partition coefficient (Wildman–Crippen LogP) is 15.2. The second-order valence-corrected chi connectivity index (χ2v) is 13.7. The van der Waals surface area contributed by atoms with Crippen molar-refractivity contribution < 1.29 is 0 Å². The quantitative estimate of drug-likeness (QED) is 0.145. The molecule has 0 radical (unpaired) electrons. The smallest absolute Gasteiger partial charge is 0.0546 e. The van der Waals surface area contributed by atoms with Gasteiger partial charge in [-0.15, -0.1) is 0 Å². The normalized spacial score (nSPS) is 10.9. The van der Waals surface area contributed by atoms with E-state index in [9.17, 15) is 0 Å². The minimum atomic E-state index is 1.08. The molecule has 0 aliphatic heterocycles. The van der Waals surface area contributed by atoms with E-state index in [1.54, 1.807) is 0 Å². The van der Waals surface area contributed by atoms with Crippen molar-refractivity contribution in [3.63, 3.8) is 0 Å². The van der Waals surface area contributed by atoms with E-state index in [1.807, 2.05) is 0 Å². The third-order valence-corrected chi connectivity index (χ3v) is 10.3. The Bertz CT molecular complexity index is 2670. The average Bonchev–Trinajstić information content (AvgIpc) is 3.28. The Labute approximate surface area is 324 Å². The number of nitrogens with zero attached hydrogens (tertiary/aromatic N) is 1. The molecule has 9 aromatic rings. The summed E-state index contributed by atoms with van der Waals surface area (Å²) in [6.07, 6.45) is 0. The van der Waals surface area contributed by atoms with Crippen LogP contribution in [0.2, 0.25) is 0 Å². The SMILES string of the molecule is c1ccc(-c2cccc(N(c3ccc(-c4ccccc4-c4ccccc4-c4ccccc4)cc3)c3cc(-c4ccccc4)ccc3-c3ccccc3)c2)cc1. The van der Waals surface area contributed by atoms with Crippen LogP contribution in [0.5, 0.6) is 0 Å². The molecule has 1 heteroatoms. The first-order valence-electron chi connectivity index (χ1n) is 18.8. The van der Waals surface area contributed by atoms with Crippen molar-refractivity contribution in [3.8, 4) is 66.8 Å². The topological polar surface area (TPSA) is 3.24 Å². The van der Waals surface area contributed by atoms with Crippen LogP contribution < -0.4 is 4.90 Å². The van der Waals surface area contributed by atoms with Gasteiger partial charge in [-0.25, -0.2) is 0 Å². The number of rotatable bonds is 9. The molecule has 9 rings (SSSR count). The minimum Gasteiger partial charge on any atom is -0.310 e. The van der Waals surface area contributed by atoms with Crippen LogP contribution >= 0.6 is 0 Å². The zero-order chi connectivity index (χ0) is 36.8. The van der Waals surface area contributed by atoms with Crippen LogP contribution in [-0.2, 0) is 0 Å². The van der Waals surface area contributed by atoms with Crippen molar-refractivity contribution in [2.24, 2.45) is 0 Å². The molecule has 0 heterocycles. The Morgan fingerprint density at radius 3 is 1.11 bits per heavy atom. The van der Waals surface area contributed by atoms with Crippen LogP contribution in [-0.4, -0.2) is 0 Å². The largest absolute Gasteiger partial charge is 0.310 e. The second-order valence-electron chi connectivity index (χ2n) is 13.7. The van der Waals surface area contributed by atoms with Crippen LogP contribution in [0.1, 0.15) is 0 Å². The molecular weight excluding hydrogens is 663 g/mol. The Morgan fingerprint density at radius 1 is 0.200 bits per heavy atom. The third-order valence-electron chi connectivity index (χ3n) is 10.3. The van der Waals surface area contributed by atoms with Crippen LogP contribution in [0.4, 0.5) is 17.1 Å². The van der Waals surface area contributed by atoms with Gasteiger partial charge in [0.05, 0.1) is 5.69 Å². The monoisotopic (exact) mass is 701 g/mol. The summed E-state index contributed by atoms with van der Waals surface area (Å²) in [4.78, 5) is 2.42. The van der Waals surface area contributed by atoms with Crippen molar-refractivity contribution in [3.05, 3.63) is 237 Å². The Kier molecular flexibility index (Phi) is 9.41. The average molecular weight is 702 g/mol. The Morgan fingerprint density at radius 2 is 0.582 bits per heavy atom. The lowest BCUT2D eigenvalue weighted by molar-refractivity contribution is 1.28. The van der Waals surface area contributed by atoms with E-state index in [-0.39, 0.29) is 0 Å². The van der Waals surface area contributed by atoms with Gasteiger partial charge in [0.25, 0.3) is 0 Å². The molecule has 0 N–H and O–H groups in total. The zero-order valence-corrected chi connectivity index (χ0v) is 30.5. The fourth-order valence-electron chi connectivity index (χ4n) is 7.62. The van der Waals surface area contributed by atoms with Crippen molar-refractivity contribution in [1.29, 1.82) is 0 Å². The van der Waals surface area contributed by atoms with Crippen molar-refractivity contribution in [2.75, 3.05) is 4.90 Å². The van der Waals surface area contributed by atoms with Crippen molar-refractivity contribution in [2.45, 2.75) is 0 Å². The summed E-state index contributed by atoms with van der Waals surface area (Å²) in [5, 5.41) is 0. The lowest BCUT2D eigenvalue weighted by Crippen LogP contribution is -2.11. The third kappa shape index (κ3) is 7.00. The first-order chi connectivity index (χ1) is 27.3. The molecule has 260 valence electrons. The molecular formula is C54H39N. The molecule has 0 bridgehead atoms. The van der Waals surface area contributed by atoms with Crippen LogP contribution in [0.15, 0.2) is 237 Å². The van der Waals surface area contributed by atoms with Crippen molar-refractivity contribution >= 4 is 17.1 Å². The first-order valence-corrected chi connectivity index (χ1v) is 18.8.